The highest BCUT2D eigenvalue weighted by molar-refractivity contribution is 7.91. The number of carbonyl (C=O) groups is 2. The fourth-order valence-corrected chi connectivity index (χ4v) is 5.67. The number of hydrogen-bond donors (Lipinski definition) is 3. The predicted molar refractivity (Wildman–Crippen MR) is 134 cm³/mol. The molecule has 0 bridgehead atoms. The zero-order valence-corrected chi connectivity index (χ0v) is 20.0. The zero-order chi connectivity index (χ0) is 24.0. The van der Waals surface area contributed by atoms with E-state index in [0.717, 1.165) is 16.5 Å². The van der Waals surface area contributed by atoms with Crippen molar-refractivity contribution in [1.82, 2.24) is 15.6 Å². The maximum Gasteiger partial charge on any atom is 0.262 e. The summed E-state index contributed by atoms with van der Waals surface area (Å²) in [5.41, 5.74) is 1.86. The van der Waals surface area contributed by atoms with Crippen LogP contribution in [0.15, 0.2) is 83.2 Å². The molecule has 7 nitrogen and oxygen atoms in total. The van der Waals surface area contributed by atoms with Crippen LogP contribution in [0.25, 0.3) is 10.9 Å². The second kappa shape index (κ2) is 10.7. The maximum atomic E-state index is 13.0. The Morgan fingerprint density at radius 1 is 0.971 bits per heavy atom. The Labute approximate surface area is 202 Å². The third-order valence-electron chi connectivity index (χ3n) is 5.46. The lowest BCUT2D eigenvalue weighted by Gasteiger charge is -2.18. The summed E-state index contributed by atoms with van der Waals surface area (Å²) >= 11 is 1.30. The molecule has 1 unspecified atom stereocenters. The molecule has 2 amide bonds. The van der Waals surface area contributed by atoms with E-state index < -0.39 is 15.9 Å². The van der Waals surface area contributed by atoms with E-state index in [4.69, 9.17) is 0 Å². The number of para-hydroxylation sites is 1. The molecule has 0 aliphatic rings. The van der Waals surface area contributed by atoms with E-state index in [1.807, 2.05) is 30.5 Å². The van der Waals surface area contributed by atoms with Gasteiger partial charge in [0.1, 0.15) is 6.04 Å². The molecule has 2 aromatic heterocycles. The number of nitrogens with one attached hydrogen (secondary N) is 3. The third-order valence-corrected chi connectivity index (χ3v) is 8.14. The number of thiophene rings is 1. The molecule has 0 fully saturated rings. The first-order chi connectivity index (χ1) is 16.4. The summed E-state index contributed by atoms with van der Waals surface area (Å²) in [6.45, 7) is 0.185. The van der Waals surface area contributed by atoms with E-state index >= 15 is 0 Å². The molecule has 176 valence electrons. The van der Waals surface area contributed by atoms with Crippen molar-refractivity contribution in [3.63, 3.8) is 0 Å². The molecule has 34 heavy (non-hydrogen) atoms. The molecule has 0 radical (unpaired) electrons. The first-order valence-electron chi connectivity index (χ1n) is 10.9. The van der Waals surface area contributed by atoms with Crippen LogP contribution < -0.4 is 10.6 Å². The van der Waals surface area contributed by atoms with E-state index in [1.165, 1.54) is 11.3 Å². The largest absolute Gasteiger partial charge is 0.361 e. The second-order valence-corrected chi connectivity index (χ2v) is 10.9. The number of carbonyl (C=O) groups excluding carboxylic acids is 2. The van der Waals surface area contributed by atoms with Crippen LogP contribution in [0.3, 0.4) is 0 Å². The Hall–Kier alpha value is -3.43. The number of rotatable bonds is 10. The highest BCUT2D eigenvalue weighted by Crippen LogP contribution is 2.20. The summed E-state index contributed by atoms with van der Waals surface area (Å²) in [6, 6.07) is 18.7. The Kier molecular flexibility index (Phi) is 7.44. The molecule has 3 N–H and O–H groups in total. The van der Waals surface area contributed by atoms with Crippen LogP contribution in [-0.4, -0.2) is 43.6 Å². The van der Waals surface area contributed by atoms with Crippen LogP contribution in [0.5, 0.6) is 0 Å². The van der Waals surface area contributed by atoms with Crippen molar-refractivity contribution >= 4 is 43.9 Å². The summed E-state index contributed by atoms with van der Waals surface area (Å²) in [5, 5.41) is 8.41. The molecule has 0 aliphatic heterocycles. The third kappa shape index (κ3) is 5.73. The van der Waals surface area contributed by atoms with Crippen LogP contribution in [0, 0.1) is 0 Å². The fourth-order valence-electron chi connectivity index (χ4n) is 3.71. The molecule has 0 saturated heterocycles. The standard InChI is InChI=1S/C25H25N3O4S2/c29-24(26-13-7-15-34(31,32)19-8-2-1-3-9-19)22(28-25(30)23-12-6-14-33-23)16-18-17-27-21-11-5-4-10-20(18)21/h1-6,8-12,14,17,22,27H,7,13,15-16H2,(H,26,29)(H,28,30). The average Bonchev–Trinajstić information content (AvgIpc) is 3.53. The minimum atomic E-state index is -3.42. The molecule has 4 aromatic rings. The summed E-state index contributed by atoms with van der Waals surface area (Å²) in [7, 11) is -3.42. The molecule has 0 spiro atoms. The zero-order valence-electron chi connectivity index (χ0n) is 18.4. The lowest BCUT2D eigenvalue weighted by atomic mass is 10.0. The van der Waals surface area contributed by atoms with Gasteiger partial charge < -0.3 is 15.6 Å². The van der Waals surface area contributed by atoms with Crippen molar-refractivity contribution in [3.05, 3.63) is 88.7 Å². The van der Waals surface area contributed by atoms with E-state index in [1.54, 1.807) is 47.8 Å². The molecule has 0 aliphatic carbocycles. The van der Waals surface area contributed by atoms with E-state index in [0.29, 0.717) is 11.3 Å². The van der Waals surface area contributed by atoms with Crippen LogP contribution in [-0.2, 0) is 21.1 Å². The van der Waals surface area contributed by atoms with Crippen molar-refractivity contribution in [2.75, 3.05) is 12.3 Å². The van der Waals surface area contributed by atoms with Crippen molar-refractivity contribution in [2.45, 2.75) is 23.8 Å². The van der Waals surface area contributed by atoms with Gasteiger partial charge in [-0.25, -0.2) is 8.42 Å². The first-order valence-corrected chi connectivity index (χ1v) is 13.4. The molecule has 1 atom stereocenters. The number of amides is 2. The smallest absolute Gasteiger partial charge is 0.262 e. The number of H-pyrrole nitrogens is 1. The van der Waals surface area contributed by atoms with Gasteiger partial charge in [-0.1, -0.05) is 42.5 Å². The predicted octanol–water partition coefficient (Wildman–Crippen LogP) is 3.55. The van der Waals surface area contributed by atoms with Gasteiger partial charge in [0.25, 0.3) is 5.91 Å². The van der Waals surface area contributed by atoms with Gasteiger partial charge in [0.05, 0.1) is 15.5 Å². The van der Waals surface area contributed by atoms with Crippen molar-refractivity contribution in [1.29, 1.82) is 0 Å². The van der Waals surface area contributed by atoms with Gasteiger partial charge in [0.15, 0.2) is 9.84 Å². The van der Waals surface area contributed by atoms with Gasteiger partial charge >= 0.3 is 0 Å². The monoisotopic (exact) mass is 495 g/mol. The number of benzene rings is 2. The summed E-state index contributed by atoms with van der Waals surface area (Å²) < 4.78 is 24.9. The molecule has 0 saturated carbocycles. The SMILES string of the molecule is O=C(NC(Cc1c[nH]c2ccccc12)C(=O)NCCCS(=O)(=O)c1ccccc1)c1cccs1. The van der Waals surface area contributed by atoms with E-state index in [2.05, 4.69) is 15.6 Å². The van der Waals surface area contributed by atoms with Gasteiger partial charge in [0.2, 0.25) is 5.91 Å². The molecule has 4 rings (SSSR count). The Morgan fingerprint density at radius 3 is 2.50 bits per heavy atom. The van der Waals surface area contributed by atoms with Crippen molar-refractivity contribution in [2.24, 2.45) is 0 Å². The minimum Gasteiger partial charge on any atom is -0.361 e. The number of sulfone groups is 1. The Bertz CT molecular complexity index is 1360. The molecular formula is C25H25N3O4S2. The summed E-state index contributed by atoms with van der Waals surface area (Å²) in [4.78, 5) is 29.7. The lowest BCUT2D eigenvalue weighted by molar-refractivity contribution is -0.122. The van der Waals surface area contributed by atoms with Gasteiger partial charge in [-0.05, 0) is 41.6 Å². The number of fused-ring (bicyclic) bond motifs is 1. The quantitative estimate of drug-likeness (QED) is 0.292. The normalized spacial score (nSPS) is 12.4. The van der Waals surface area contributed by atoms with Crippen molar-refractivity contribution in [3.8, 4) is 0 Å². The highest BCUT2D eigenvalue weighted by Gasteiger charge is 2.24. The molecule has 2 heterocycles. The topological polar surface area (TPSA) is 108 Å². The highest BCUT2D eigenvalue weighted by atomic mass is 32.2. The number of hydrogen-bond acceptors (Lipinski definition) is 5. The van der Waals surface area contributed by atoms with E-state index in [9.17, 15) is 18.0 Å². The number of aromatic nitrogens is 1. The van der Waals surface area contributed by atoms with Gasteiger partial charge in [-0.3, -0.25) is 9.59 Å². The Balaban J connectivity index is 1.41. The summed E-state index contributed by atoms with van der Waals surface area (Å²) in [6.07, 6.45) is 2.41. The van der Waals surface area contributed by atoms with Gasteiger partial charge in [0, 0.05) is 30.1 Å². The van der Waals surface area contributed by atoms with Crippen LogP contribution in [0.1, 0.15) is 21.7 Å². The Morgan fingerprint density at radius 2 is 1.74 bits per heavy atom. The fraction of sp³-hybridized carbons (Fsp3) is 0.200. The molecular weight excluding hydrogens is 470 g/mol. The van der Waals surface area contributed by atoms with Crippen LogP contribution in [0.2, 0.25) is 0 Å². The van der Waals surface area contributed by atoms with Crippen molar-refractivity contribution < 1.29 is 18.0 Å². The number of aromatic amines is 1. The summed E-state index contributed by atoms with van der Waals surface area (Å²) in [5.74, 6) is -0.750. The lowest BCUT2D eigenvalue weighted by Crippen LogP contribution is -2.48. The first kappa shape index (κ1) is 23.7. The molecule has 9 heteroatoms. The second-order valence-electron chi connectivity index (χ2n) is 7.84. The van der Waals surface area contributed by atoms with E-state index in [-0.39, 0.29) is 35.4 Å². The van der Waals surface area contributed by atoms with Gasteiger partial charge in [-0.2, -0.15) is 0 Å². The minimum absolute atomic E-state index is 0.0774. The van der Waals surface area contributed by atoms with Gasteiger partial charge in [-0.15, -0.1) is 11.3 Å². The van der Waals surface area contributed by atoms with Crippen LogP contribution >= 0.6 is 11.3 Å². The maximum absolute atomic E-state index is 13.0. The van der Waals surface area contributed by atoms with Crippen LogP contribution in [0.4, 0.5) is 0 Å². The average molecular weight is 496 g/mol. The molecule has 2 aromatic carbocycles.